The van der Waals surface area contributed by atoms with Crippen LogP contribution in [0.15, 0.2) is 29.3 Å². The van der Waals surface area contributed by atoms with Gasteiger partial charge in [0, 0.05) is 20.7 Å². The lowest BCUT2D eigenvalue weighted by atomic mass is 10.2. The number of hydrogen-bond donors (Lipinski definition) is 3. The molecule has 0 aliphatic rings. The Bertz CT molecular complexity index is 645. The summed E-state index contributed by atoms with van der Waals surface area (Å²) in [5, 5.41) is 8.51. The Morgan fingerprint density at radius 1 is 1.24 bits per heavy atom. The lowest BCUT2D eigenvalue weighted by Crippen LogP contribution is -2.46. The minimum Gasteiger partial charge on any atom is -0.489 e. The van der Waals surface area contributed by atoms with Gasteiger partial charge in [0.05, 0.1) is 25.3 Å². The van der Waals surface area contributed by atoms with Crippen LogP contribution in [0.5, 0.6) is 5.75 Å². The predicted octanol–water partition coefficient (Wildman–Crippen LogP) is 2.41. The Morgan fingerprint density at radius 3 is 2.55 bits per heavy atom. The fourth-order valence-corrected chi connectivity index (χ4v) is 2.16. The number of amides is 1. The van der Waals surface area contributed by atoms with Crippen molar-refractivity contribution in [1.29, 1.82) is 0 Å². The molecule has 11 heteroatoms. The van der Waals surface area contributed by atoms with Crippen molar-refractivity contribution in [2.75, 3.05) is 40.4 Å². The van der Waals surface area contributed by atoms with Crippen LogP contribution in [0.1, 0.15) is 18.9 Å². The molecule has 0 saturated carbocycles. The molecule has 1 rings (SSSR count). The van der Waals surface area contributed by atoms with Gasteiger partial charge in [-0.15, -0.1) is 24.0 Å². The molecule has 1 aromatic rings. The number of ether oxygens (including phenoxy) is 2. The first kappa shape index (κ1) is 27.2. The number of carbonyl (C=O) groups excluding carboxylic acids is 1. The normalized spacial score (nSPS) is 12.6. The minimum absolute atomic E-state index is 0. The van der Waals surface area contributed by atoms with Crippen LogP contribution in [0.25, 0.3) is 0 Å². The first-order chi connectivity index (χ1) is 13.3. The van der Waals surface area contributed by atoms with Crippen molar-refractivity contribution < 1.29 is 27.4 Å². The zero-order chi connectivity index (χ0) is 21.0. The monoisotopic (exact) mass is 532 g/mol. The lowest BCUT2D eigenvalue weighted by Gasteiger charge is -2.20. The highest BCUT2D eigenvalue weighted by Crippen LogP contribution is 2.31. The number of guanidine groups is 1. The van der Waals surface area contributed by atoms with E-state index in [2.05, 4.69) is 20.9 Å². The summed E-state index contributed by atoms with van der Waals surface area (Å²) >= 11 is 0. The van der Waals surface area contributed by atoms with E-state index in [1.807, 2.05) is 6.92 Å². The maximum absolute atomic E-state index is 12.8. The standard InChI is InChI=1S/C18H27F3N4O3.HI/c1-4-14(28-15-7-5-6-13(10-15)18(19,20)21)11-24-17(22-2)25-12-16(26)23-8-9-27-3;/h5-7,10,14H,4,8-9,11-12H2,1-3H3,(H,23,26)(H2,22,24,25);1H. The first-order valence-electron chi connectivity index (χ1n) is 8.84. The molecule has 0 aromatic heterocycles. The van der Waals surface area contributed by atoms with Gasteiger partial charge in [-0.2, -0.15) is 13.2 Å². The van der Waals surface area contributed by atoms with Crippen LogP contribution >= 0.6 is 24.0 Å². The molecule has 1 amide bonds. The van der Waals surface area contributed by atoms with Crippen molar-refractivity contribution >= 4 is 35.8 Å². The molecule has 0 bridgehead atoms. The quantitative estimate of drug-likeness (QED) is 0.187. The van der Waals surface area contributed by atoms with Crippen LogP contribution in [-0.4, -0.2) is 58.4 Å². The molecule has 0 aliphatic carbocycles. The zero-order valence-electron chi connectivity index (χ0n) is 16.6. The number of rotatable bonds is 10. The van der Waals surface area contributed by atoms with Crippen LogP contribution in [0.3, 0.4) is 0 Å². The zero-order valence-corrected chi connectivity index (χ0v) is 19.0. The van der Waals surface area contributed by atoms with E-state index >= 15 is 0 Å². The highest BCUT2D eigenvalue weighted by atomic mass is 127. The van der Waals surface area contributed by atoms with Gasteiger partial charge in [-0.1, -0.05) is 13.0 Å². The van der Waals surface area contributed by atoms with Gasteiger partial charge in [-0.25, -0.2) is 0 Å². The van der Waals surface area contributed by atoms with Gasteiger partial charge in [0.25, 0.3) is 0 Å². The molecular formula is C18H28F3IN4O3. The van der Waals surface area contributed by atoms with Crippen molar-refractivity contribution in [3.63, 3.8) is 0 Å². The number of alkyl halides is 3. The number of halogens is 4. The van der Waals surface area contributed by atoms with E-state index in [-0.39, 0.29) is 48.3 Å². The number of benzene rings is 1. The molecule has 1 atom stereocenters. The Hall–Kier alpha value is -1.76. The van der Waals surface area contributed by atoms with Gasteiger partial charge in [-0.05, 0) is 24.6 Å². The summed E-state index contributed by atoms with van der Waals surface area (Å²) in [5.41, 5.74) is -0.759. The Balaban J connectivity index is 0.00000784. The second kappa shape index (κ2) is 14.3. The molecule has 0 radical (unpaired) electrons. The number of carbonyl (C=O) groups is 1. The maximum atomic E-state index is 12.8. The molecule has 3 N–H and O–H groups in total. The number of nitrogens with one attached hydrogen (secondary N) is 3. The third-order valence-corrected chi connectivity index (χ3v) is 3.68. The number of nitrogens with zero attached hydrogens (tertiary/aromatic N) is 1. The predicted molar refractivity (Wildman–Crippen MR) is 116 cm³/mol. The average molecular weight is 532 g/mol. The molecule has 0 saturated heterocycles. The molecule has 166 valence electrons. The van der Waals surface area contributed by atoms with Crippen molar-refractivity contribution in [2.45, 2.75) is 25.6 Å². The van der Waals surface area contributed by atoms with Crippen LogP contribution in [0.4, 0.5) is 13.2 Å². The summed E-state index contributed by atoms with van der Waals surface area (Å²) in [7, 11) is 3.09. The van der Waals surface area contributed by atoms with Crippen LogP contribution < -0.4 is 20.7 Å². The Labute approximate surface area is 185 Å². The highest BCUT2D eigenvalue weighted by Gasteiger charge is 2.30. The lowest BCUT2D eigenvalue weighted by molar-refractivity contribution is -0.137. The Kier molecular flexibility index (Phi) is 13.4. The second-order valence-corrected chi connectivity index (χ2v) is 5.82. The van der Waals surface area contributed by atoms with E-state index in [0.717, 1.165) is 12.1 Å². The molecular weight excluding hydrogens is 504 g/mol. The van der Waals surface area contributed by atoms with E-state index in [1.165, 1.54) is 12.1 Å². The van der Waals surface area contributed by atoms with Gasteiger partial charge < -0.3 is 25.4 Å². The van der Waals surface area contributed by atoms with E-state index in [4.69, 9.17) is 9.47 Å². The van der Waals surface area contributed by atoms with Gasteiger partial charge in [0.15, 0.2) is 5.96 Å². The third-order valence-electron chi connectivity index (χ3n) is 3.68. The van der Waals surface area contributed by atoms with E-state index in [1.54, 1.807) is 14.2 Å². The van der Waals surface area contributed by atoms with Crippen molar-refractivity contribution in [3.05, 3.63) is 29.8 Å². The van der Waals surface area contributed by atoms with E-state index < -0.39 is 11.7 Å². The summed E-state index contributed by atoms with van der Waals surface area (Å²) in [6, 6.07) is 4.76. The fourth-order valence-electron chi connectivity index (χ4n) is 2.16. The maximum Gasteiger partial charge on any atom is 0.416 e. The van der Waals surface area contributed by atoms with Crippen LogP contribution in [-0.2, 0) is 15.7 Å². The SMILES string of the molecule is CCC(CNC(=NC)NCC(=O)NCCOC)Oc1cccc(C(F)(F)F)c1.I. The summed E-state index contributed by atoms with van der Waals surface area (Å²) in [6.07, 6.45) is -4.23. The average Bonchev–Trinajstić information content (AvgIpc) is 2.66. The molecule has 0 fully saturated rings. The van der Waals surface area contributed by atoms with Gasteiger partial charge >= 0.3 is 6.18 Å². The van der Waals surface area contributed by atoms with E-state index in [0.29, 0.717) is 32.1 Å². The summed E-state index contributed by atoms with van der Waals surface area (Å²) in [5.74, 6) is 0.309. The smallest absolute Gasteiger partial charge is 0.416 e. The summed E-state index contributed by atoms with van der Waals surface area (Å²) in [6.45, 7) is 3.02. The third kappa shape index (κ3) is 11.1. The summed E-state index contributed by atoms with van der Waals surface area (Å²) < 4.78 is 48.9. The van der Waals surface area contributed by atoms with E-state index in [9.17, 15) is 18.0 Å². The fraction of sp³-hybridized carbons (Fsp3) is 0.556. The number of hydrogen-bond acceptors (Lipinski definition) is 4. The Morgan fingerprint density at radius 2 is 1.97 bits per heavy atom. The number of aliphatic imine (C=N–C) groups is 1. The summed E-state index contributed by atoms with van der Waals surface area (Å²) in [4.78, 5) is 15.7. The molecule has 7 nitrogen and oxygen atoms in total. The second-order valence-electron chi connectivity index (χ2n) is 5.82. The van der Waals surface area contributed by atoms with Gasteiger partial charge in [0.2, 0.25) is 5.91 Å². The van der Waals surface area contributed by atoms with Crippen LogP contribution in [0, 0.1) is 0 Å². The molecule has 0 aliphatic heterocycles. The van der Waals surface area contributed by atoms with Crippen LogP contribution in [0.2, 0.25) is 0 Å². The largest absolute Gasteiger partial charge is 0.489 e. The molecule has 0 heterocycles. The number of methoxy groups -OCH3 is 1. The highest BCUT2D eigenvalue weighted by molar-refractivity contribution is 14.0. The topological polar surface area (TPSA) is 84.0 Å². The molecule has 1 aromatic carbocycles. The first-order valence-corrected chi connectivity index (χ1v) is 8.84. The molecule has 0 spiro atoms. The molecule has 29 heavy (non-hydrogen) atoms. The van der Waals surface area contributed by atoms with Gasteiger partial charge in [0.1, 0.15) is 11.9 Å². The van der Waals surface area contributed by atoms with Crippen molar-refractivity contribution in [1.82, 2.24) is 16.0 Å². The van der Waals surface area contributed by atoms with Crippen molar-refractivity contribution in [3.8, 4) is 5.75 Å². The molecule has 1 unspecified atom stereocenters. The minimum atomic E-state index is -4.42. The van der Waals surface area contributed by atoms with Gasteiger partial charge in [-0.3, -0.25) is 9.79 Å². The van der Waals surface area contributed by atoms with Crippen molar-refractivity contribution in [2.24, 2.45) is 4.99 Å².